The van der Waals surface area contributed by atoms with Crippen molar-refractivity contribution >= 4 is 23.1 Å². The number of nitrogens with zero attached hydrogens (tertiary/aromatic N) is 3. The lowest BCUT2D eigenvalue weighted by molar-refractivity contribution is -0.119. The molecule has 0 fully saturated rings. The lowest BCUT2D eigenvalue weighted by atomic mass is 10.2. The van der Waals surface area contributed by atoms with Gasteiger partial charge in [0.1, 0.15) is 5.69 Å². The molecule has 0 saturated heterocycles. The number of hydrazine groups is 1. The average Bonchev–Trinajstić information content (AvgIpc) is 2.55. The van der Waals surface area contributed by atoms with Crippen LogP contribution in [-0.4, -0.2) is 16.7 Å². The third kappa shape index (κ3) is 2.63. The standard InChI is InChI=1S/C16H16N4O/c1-2-6-15(21)20-14-9-10-17-11-13(14)18-16(19-20)12-7-4-3-5-8-12/h3-5,7-11H,2,6H2,1H3,(H,18,19). The van der Waals surface area contributed by atoms with Gasteiger partial charge in [0, 0.05) is 18.2 Å². The maximum atomic E-state index is 12.3. The number of carbonyl (C=O) groups excluding carboxylic acids is 1. The van der Waals surface area contributed by atoms with Crippen LogP contribution < -0.4 is 10.4 Å². The van der Waals surface area contributed by atoms with E-state index in [0.717, 1.165) is 17.7 Å². The summed E-state index contributed by atoms with van der Waals surface area (Å²) >= 11 is 0. The molecule has 0 atom stereocenters. The highest BCUT2D eigenvalue weighted by Crippen LogP contribution is 2.30. The smallest absolute Gasteiger partial charge is 0.245 e. The van der Waals surface area contributed by atoms with Crippen molar-refractivity contribution in [2.24, 2.45) is 4.99 Å². The van der Waals surface area contributed by atoms with E-state index in [4.69, 9.17) is 0 Å². The number of carbonyl (C=O) groups is 1. The molecule has 1 aromatic heterocycles. The Morgan fingerprint density at radius 2 is 2.05 bits per heavy atom. The fourth-order valence-corrected chi connectivity index (χ4v) is 2.21. The topological polar surface area (TPSA) is 57.6 Å². The zero-order valence-corrected chi connectivity index (χ0v) is 11.8. The predicted molar refractivity (Wildman–Crippen MR) is 82.4 cm³/mol. The number of pyridine rings is 1. The second kappa shape index (κ2) is 5.75. The van der Waals surface area contributed by atoms with Crippen LogP contribution in [0, 0.1) is 0 Å². The van der Waals surface area contributed by atoms with Gasteiger partial charge in [-0.2, -0.15) is 0 Å². The summed E-state index contributed by atoms with van der Waals surface area (Å²) in [5.41, 5.74) is 5.48. The molecule has 2 heterocycles. The van der Waals surface area contributed by atoms with Crippen LogP contribution in [0.1, 0.15) is 25.3 Å². The minimum atomic E-state index is 0.0216. The van der Waals surface area contributed by atoms with E-state index in [1.165, 1.54) is 0 Å². The van der Waals surface area contributed by atoms with Crippen LogP contribution in [0.15, 0.2) is 53.8 Å². The van der Waals surface area contributed by atoms with Crippen molar-refractivity contribution in [3.8, 4) is 0 Å². The molecule has 0 saturated carbocycles. The van der Waals surface area contributed by atoms with E-state index in [-0.39, 0.29) is 5.91 Å². The van der Waals surface area contributed by atoms with Crippen LogP contribution in [0.5, 0.6) is 0 Å². The molecule has 0 radical (unpaired) electrons. The van der Waals surface area contributed by atoms with Gasteiger partial charge in [-0.25, -0.2) is 10.0 Å². The number of hydrogen-bond acceptors (Lipinski definition) is 4. The molecule has 1 aromatic carbocycles. The quantitative estimate of drug-likeness (QED) is 0.940. The number of nitrogens with one attached hydrogen (secondary N) is 1. The fraction of sp³-hybridized carbons (Fsp3) is 0.188. The second-order valence-corrected chi connectivity index (χ2v) is 4.78. The SMILES string of the molecule is CCCC(=O)N1NC(c2ccccc2)=Nc2cnccc21. The molecule has 0 bridgehead atoms. The van der Waals surface area contributed by atoms with Gasteiger partial charge in [-0.1, -0.05) is 37.3 Å². The molecule has 0 spiro atoms. The highest BCUT2D eigenvalue weighted by molar-refractivity contribution is 6.09. The predicted octanol–water partition coefficient (Wildman–Crippen LogP) is 2.81. The Kier molecular flexibility index (Phi) is 3.64. The van der Waals surface area contributed by atoms with Crippen LogP contribution in [0.4, 0.5) is 11.4 Å². The molecular formula is C16H16N4O. The average molecular weight is 280 g/mol. The van der Waals surface area contributed by atoms with Gasteiger partial charge < -0.3 is 0 Å². The molecule has 1 aliphatic rings. The van der Waals surface area contributed by atoms with Crippen molar-refractivity contribution in [1.82, 2.24) is 10.4 Å². The summed E-state index contributed by atoms with van der Waals surface area (Å²) in [6, 6.07) is 11.5. The Hall–Kier alpha value is -2.69. The van der Waals surface area contributed by atoms with E-state index < -0.39 is 0 Å². The normalized spacial score (nSPS) is 13.2. The highest BCUT2D eigenvalue weighted by Gasteiger charge is 2.24. The summed E-state index contributed by atoms with van der Waals surface area (Å²) < 4.78 is 0. The third-order valence-corrected chi connectivity index (χ3v) is 3.23. The fourth-order valence-electron chi connectivity index (χ4n) is 2.21. The third-order valence-electron chi connectivity index (χ3n) is 3.23. The molecule has 106 valence electrons. The van der Waals surface area contributed by atoms with Crippen molar-refractivity contribution in [3.63, 3.8) is 0 Å². The van der Waals surface area contributed by atoms with Crippen molar-refractivity contribution in [2.45, 2.75) is 19.8 Å². The maximum absolute atomic E-state index is 12.3. The van der Waals surface area contributed by atoms with Gasteiger partial charge in [0.15, 0.2) is 5.84 Å². The number of fused-ring (bicyclic) bond motifs is 1. The van der Waals surface area contributed by atoms with E-state index in [2.05, 4.69) is 15.4 Å². The van der Waals surface area contributed by atoms with Crippen LogP contribution >= 0.6 is 0 Å². The monoisotopic (exact) mass is 280 g/mol. The molecule has 5 heteroatoms. The lowest BCUT2D eigenvalue weighted by Gasteiger charge is -2.29. The molecule has 2 aromatic rings. The molecule has 3 rings (SSSR count). The number of aromatic nitrogens is 1. The largest absolute Gasteiger partial charge is 0.274 e. The molecule has 0 unspecified atom stereocenters. The van der Waals surface area contributed by atoms with Crippen LogP contribution in [-0.2, 0) is 4.79 Å². The Morgan fingerprint density at radius 3 is 2.81 bits per heavy atom. The first-order valence-electron chi connectivity index (χ1n) is 6.97. The summed E-state index contributed by atoms with van der Waals surface area (Å²) in [6.45, 7) is 1.99. The minimum absolute atomic E-state index is 0.0216. The first kappa shape index (κ1) is 13.3. The summed E-state index contributed by atoms with van der Waals surface area (Å²) in [7, 11) is 0. The summed E-state index contributed by atoms with van der Waals surface area (Å²) in [5, 5.41) is 1.57. The Labute approximate surface area is 123 Å². The van der Waals surface area contributed by atoms with Gasteiger partial charge in [0.25, 0.3) is 0 Å². The van der Waals surface area contributed by atoms with Crippen molar-refractivity contribution in [3.05, 3.63) is 54.4 Å². The zero-order chi connectivity index (χ0) is 14.7. The van der Waals surface area contributed by atoms with Crippen LogP contribution in [0.2, 0.25) is 0 Å². The Morgan fingerprint density at radius 1 is 1.24 bits per heavy atom. The van der Waals surface area contributed by atoms with E-state index >= 15 is 0 Å². The minimum Gasteiger partial charge on any atom is -0.274 e. The molecule has 1 aliphatic heterocycles. The number of benzene rings is 1. The van der Waals surface area contributed by atoms with Gasteiger partial charge >= 0.3 is 0 Å². The number of rotatable bonds is 3. The van der Waals surface area contributed by atoms with Gasteiger partial charge in [-0.15, -0.1) is 0 Å². The van der Waals surface area contributed by atoms with E-state index in [1.807, 2.05) is 37.3 Å². The van der Waals surface area contributed by atoms with E-state index in [0.29, 0.717) is 17.9 Å². The van der Waals surface area contributed by atoms with Crippen LogP contribution in [0.3, 0.4) is 0 Å². The van der Waals surface area contributed by atoms with Crippen LogP contribution in [0.25, 0.3) is 0 Å². The van der Waals surface area contributed by atoms with E-state index in [1.54, 1.807) is 23.5 Å². The molecule has 1 amide bonds. The first-order chi connectivity index (χ1) is 10.3. The van der Waals surface area contributed by atoms with Crippen molar-refractivity contribution in [1.29, 1.82) is 0 Å². The second-order valence-electron chi connectivity index (χ2n) is 4.78. The van der Waals surface area contributed by atoms with Crippen molar-refractivity contribution in [2.75, 3.05) is 5.01 Å². The van der Waals surface area contributed by atoms with Gasteiger partial charge in [0.2, 0.25) is 5.91 Å². The number of hydrogen-bond donors (Lipinski definition) is 1. The van der Waals surface area contributed by atoms with E-state index in [9.17, 15) is 4.79 Å². The zero-order valence-electron chi connectivity index (χ0n) is 11.8. The number of aliphatic imine (C=N–C) groups is 1. The molecule has 1 N–H and O–H groups in total. The first-order valence-corrected chi connectivity index (χ1v) is 6.97. The summed E-state index contributed by atoms with van der Waals surface area (Å²) in [6.07, 6.45) is 4.62. The molecule has 0 aliphatic carbocycles. The number of anilines is 1. The Bertz CT molecular complexity index is 682. The number of amidine groups is 1. The molecule has 21 heavy (non-hydrogen) atoms. The highest BCUT2D eigenvalue weighted by atomic mass is 16.2. The summed E-state index contributed by atoms with van der Waals surface area (Å²) in [5.74, 6) is 0.675. The molecular weight excluding hydrogens is 264 g/mol. The van der Waals surface area contributed by atoms with Gasteiger partial charge in [0.05, 0.1) is 11.9 Å². The van der Waals surface area contributed by atoms with Gasteiger partial charge in [-0.3, -0.25) is 15.2 Å². The summed E-state index contributed by atoms with van der Waals surface area (Å²) in [4.78, 5) is 21.0. The van der Waals surface area contributed by atoms with Crippen molar-refractivity contribution < 1.29 is 4.79 Å². The lowest BCUT2D eigenvalue weighted by Crippen LogP contribution is -2.48. The van der Waals surface area contributed by atoms with Gasteiger partial charge in [-0.05, 0) is 12.5 Å². The maximum Gasteiger partial charge on any atom is 0.245 e. The Balaban J connectivity index is 2.03. The number of amides is 1. The molecule has 5 nitrogen and oxygen atoms in total.